The molecule has 1 fully saturated rings. The Kier molecular flexibility index (Phi) is 5.57. The minimum atomic E-state index is -3.59. The van der Waals surface area contributed by atoms with E-state index in [1.165, 1.54) is 4.31 Å². The van der Waals surface area contributed by atoms with Crippen molar-refractivity contribution in [3.8, 4) is 0 Å². The number of nitrogens with zero attached hydrogens (tertiary/aromatic N) is 2. The van der Waals surface area contributed by atoms with Gasteiger partial charge in [0.2, 0.25) is 10.0 Å². The third-order valence-electron chi connectivity index (χ3n) is 5.16. The Labute approximate surface area is 165 Å². The van der Waals surface area contributed by atoms with Gasteiger partial charge < -0.3 is 9.88 Å². The number of hydrogen-bond acceptors (Lipinski definition) is 5. The Morgan fingerprint density at radius 2 is 1.93 bits per heavy atom. The fraction of sp³-hybridized carbons (Fsp3) is 0.500. The summed E-state index contributed by atoms with van der Waals surface area (Å²) in [5.74, 6) is -0.330. The fourth-order valence-corrected chi connectivity index (χ4v) is 6.75. The van der Waals surface area contributed by atoms with E-state index in [2.05, 4.69) is 5.32 Å². The molecule has 1 aliphatic rings. The van der Waals surface area contributed by atoms with Crippen molar-refractivity contribution in [1.29, 1.82) is 0 Å². The van der Waals surface area contributed by atoms with E-state index in [0.717, 1.165) is 5.52 Å². The number of carbonyl (C=O) groups excluding carboxylic acids is 1. The molecule has 0 radical (unpaired) electrons. The lowest BCUT2D eigenvalue weighted by atomic mass is 10.2. The third kappa shape index (κ3) is 3.81. The molecule has 1 N–H and O–H groups in total. The maximum Gasteiger partial charge on any atom is 0.268 e. The monoisotopic (exact) mass is 427 g/mol. The second-order valence-corrected chi connectivity index (χ2v) is 11.1. The molecule has 1 aromatic heterocycles. The largest absolute Gasteiger partial charge is 0.347 e. The molecular formula is C18H25N3O5S2. The van der Waals surface area contributed by atoms with Gasteiger partial charge in [0.05, 0.1) is 16.4 Å². The summed E-state index contributed by atoms with van der Waals surface area (Å²) in [5.41, 5.74) is 1.08. The normalized spacial score (nSPS) is 19.4. The van der Waals surface area contributed by atoms with E-state index in [0.29, 0.717) is 30.6 Å². The van der Waals surface area contributed by atoms with Crippen LogP contribution < -0.4 is 5.32 Å². The molecule has 8 nitrogen and oxygen atoms in total. The summed E-state index contributed by atoms with van der Waals surface area (Å²) in [4.78, 5) is 12.8. The van der Waals surface area contributed by atoms with Gasteiger partial charge in [0, 0.05) is 37.1 Å². The van der Waals surface area contributed by atoms with Crippen molar-refractivity contribution < 1.29 is 21.6 Å². The Bertz CT molecular complexity index is 1120. The lowest BCUT2D eigenvalue weighted by Gasteiger charge is -2.18. The number of rotatable bonds is 6. The lowest BCUT2D eigenvalue weighted by Crippen LogP contribution is -2.36. The highest BCUT2D eigenvalue weighted by Gasteiger charge is 2.30. The number of fused-ring (bicyclic) bond motifs is 1. The molecule has 1 aromatic carbocycles. The summed E-state index contributed by atoms with van der Waals surface area (Å²) in [7, 11) is -4.95. The van der Waals surface area contributed by atoms with Gasteiger partial charge in [-0.25, -0.2) is 16.8 Å². The van der Waals surface area contributed by atoms with Crippen molar-refractivity contribution in [1.82, 2.24) is 14.2 Å². The maximum absolute atomic E-state index is 12.7. The fourth-order valence-electron chi connectivity index (χ4n) is 3.59. The molecule has 0 bridgehead atoms. The molecular weight excluding hydrogens is 402 g/mol. The number of amides is 1. The molecule has 154 valence electrons. The quantitative estimate of drug-likeness (QED) is 0.744. The summed E-state index contributed by atoms with van der Waals surface area (Å²) in [5, 5.41) is 3.41. The highest BCUT2D eigenvalue weighted by atomic mass is 32.2. The van der Waals surface area contributed by atoms with E-state index in [1.807, 2.05) is 0 Å². The number of aromatic nitrogens is 1. The number of sulfonamides is 1. The van der Waals surface area contributed by atoms with Crippen LogP contribution in [0, 0.1) is 0 Å². The second-order valence-electron chi connectivity index (χ2n) is 6.97. The summed E-state index contributed by atoms with van der Waals surface area (Å²) >= 11 is 0. The van der Waals surface area contributed by atoms with Crippen molar-refractivity contribution in [2.75, 3.05) is 24.6 Å². The molecule has 3 rings (SSSR count). The lowest BCUT2D eigenvalue weighted by molar-refractivity contribution is 0.0933. The van der Waals surface area contributed by atoms with Gasteiger partial charge >= 0.3 is 0 Å². The molecule has 28 heavy (non-hydrogen) atoms. The van der Waals surface area contributed by atoms with Crippen LogP contribution in [-0.2, 0) is 26.9 Å². The van der Waals surface area contributed by atoms with Gasteiger partial charge in [0.15, 0.2) is 9.84 Å². The summed E-state index contributed by atoms with van der Waals surface area (Å²) in [6.07, 6.45) is 0.407. The minimum absolute atomic E-state index is 0.0467. The molecule has 2 heterocycles. The first-order valence-corrected chi connectivity index (χ1v) is 12.5. The van der Waals surface area contributed by atoms with E-state index in [1.54, 1.807) is 49.7 Å². The van der Waals surface area contributed by atoms with Gasteiger partial charge in [0.25, 0.3) is 5.91 Å². The predicted molar refractivity (Wildman–Crippen MR) is 108 cm³/mol. The zero-order chi connectivity index (χ0) is 20.7. The molecule has 0 saturated carbocycles. The molecule has 0 spiro atoms. The zero-order valence-corrected chi connectivity index (χ0v) is 17.8. The van der Waals surface area contributed by atoms with Crippen molar-refractivity contribution in [2.24, 2.45) is 7.05 Å². The van der Waals surface area contributed by atoms with Crippen molar-refractivity contribution in [3.05, 3.63) is 30.0 Å². The van der Waals surface area contributed by atoms with Crippen LogP contribution in [0.15, 0.2) is 29.2 Å². The first-order chi connectivity index (χ1) is 13.1. The van der Waals surface area contributed by atoms with Gasteiger partial charge in [-0.15, -0.1) is 0 Å². The number of carbonyl (C=O) groups is 1. The Balaban J connectivity index is 1.92. The Morgan fingerprint density at radius 1 is 1.25 bits per heavy atom. The van der Waals surface area contributed by atoms with E-state index < -0.39 is 25.9 Å². The van der Waals surface area contributed by atoms with Gasteiger partial charge in [-0.05, 0) is 30.7 Å². The predicted octanol–water partition coefficient (Wildman–Crippen LogP) is 1.13. The number of benzene rings is 1. The molecule has 1 saturated heterocycles. The smallest absolute Gasteiger partial charge is 0.268 e. The summed E-state index contributed by atoms with van der Waals surface area (Å²) in [6.45, 7) is 4.33. The minimum Gasteiger partial charge on any atom is -0.347 e. The Morgan fingerprint density at radius 3 is 2.50 bits per heavy atom. The zero-order valence-electron chi connectivity index (χ0n) is 16.2. The van der Waals surface area contributed by atoms with Crippen molar-refractivity contribution in [2.45, 2.75) is 31.2 Å². The summed E-state index contributed by atoms with van der Waals surface area (Å²) in [6, 6.07) is 6.04. The molecule has 1 amide bonds. The van der Waals surface area contributed by atoms with Gasteiger partial charge in [-0.3, -0.25) is 4.79 Å². The average Bonchev–Trinajstić information content (AvgIpc) is 3.14. The van der Waals surface area contributed by atoms with Crippen LogP contribution in [0.5, 0.6) is 0 Å². The van der Waals surface area contributed by atoms with Crippen molar-refractivity contribution in [3.63, 3.8) is 0 Å². The van der Waals surface area contributed by atoms with E-state index in [-0.39, 0.29) is 22.3 Å². The van der Waals surface area contributed by atoms with Crippen LogP contribution in [0.25, 0.3) is 10.9 Å². The third-order valence-corrected chi connectivity index (χ3v) is 8.97. The molecule has 2 aromatic rings. The number of nitrogens with one attached hydrogen (secondary N) is 1. The standard InChI is InChI=1S/C18H25N3O5S2/c1-4-21(5-2)28(25,26)15-6-7-16-13(10-15)11-17(20(16)3)18(22)19-14-8-9-27(23,24)12-14/h6-7,10-11,14H,4-5,8-9,12H2,1-3H3,(H,19,22)/t14-/m0/s1. The van der Waals surface area contributed by atoms with Gasteiger partial charge in [-0.2, -0.15) is 4.31 Å². The topological polar surface area (TPSA) is 106 Å². The summed E-state index contributed by atoms with van der Waals surface area (Å²) < 4.78 is 51.7. The second kappa shape index (κ2) is 7.49. The first-order valence-electron chi connectivity index (χ1n) is 9.20. The van der Waals surface area contributed by atoms with Crippen LogP contribution in [-0.4, -0.2) is 62.3 Å². The van der Waals surface area contributed by atoms with Gasteiger partial charge in [0.1, 0.15) is 5.69 Å². The molecule has 1 atom stereocenters. The van der Waals surface area contributed by atoms with Crippen LogP contribution in [0.4, 0.5) is 0 Å². The number of hydrogen-bond donors (Lipinski definition) is 1. The Hall–Kier alpha value is -1.91. The molecule has 0 unspecified atom stereocenters. The van der Waals surface area contributed by atoms with Crippen LogP contribution >= 0.6 is 0 Å². The number of aryl methyl sites for hydroxylation is 1. The first kappa shape index (κ1) is 20.8. The highest BCUT2D eigenvalue weighted by Crippen LogP contribution is 2.25. The van der Waals surface area contributed by atoms with E-state index in [9.17, 15) is 21.6 Å². The van der Waals surface area contributed by atoms with E-state index >= 15 is 0 Å². The number of sulfone groups is 1. The molecule has 0 aliphatic carbocycles. The molecule has 1 aliphatic heterocycles. The van der Waals surface area contributed by atoms with Gasteiger partial charge in [-0.1, -0.05) is 13.8 Å². The van der Waals surface area contributed by atoms with E-state index in [4.69, 9.17) is 0 Å². The SMILES string of the molecule is CCN(CC)S(=O)(=O)c1ccc2c(c1)cc(C(=O)N[C@H]1CCS(=O)(=O)C1)n2C. The molecule has 10 heteroatoms. The van der Waals surface area contributed by atoms with Crippen LogP contribution in [0.3, 0.4) is 0 Å². The average molecular weight is 428 g/mol. The maximum atomic E-state index is 12.7. The highest BCUT2D eigenvalue weighted by molar-refractivity contribution is 7.91. The van der Waals surface area contributed by atoms with Crippen LogP contribution in [0.1, 0.15) is 30.8 Å². The van der Waals surface area contributed by atoms with Crippen LogP contribution in [0.2, 0.25) is 0 Å². The van der Waals surface area contributed by atoms with Crippen molar-refractivity contribution >= 4 is 36.7 Å².